The van der Waals surface area contributed by atoms with Gasteiger partial charge in [-0.1, -0.05) is 26.5 Å². The number of allylic oxidation sites excluding steroid dienone is 1. The molecule has 0 saturated heterocycles. The number of phenols is 1. The summed E-state index contributed by atoms with van der Waals surface area (Å²) >= 11 is 0. The molecule has 122 valence electrons. The smallest absolute Gasteiger partial charge is 0.259 e. The molecule has 0 aliphatic carbocycles. The van der Waals surface area contributed by atoms with Crippen molar-refractivity contribution in [2.75, 3.05) is 4.90 Å². The minimum Gasteiger partial charge on any atom is -0.508 e. The lowest BCUT2D eigenvalue weighted by Crippen LogP contribution is -2.36. The van der Waals surface area contributed by atoms with Gasteiger partial charge in [-0.3, -0.25) is 9.69 Å². The Labute approximate surface area is 133 Å². The van der Waals surface area contributed by atoms with Gasteiger partial charge in [0.05, 0.1) is 5.69 Å². The molecule has 4 heteroatoms. The number of phenolic OH excluding ortho intramolecular Hbond substituents is 1. The molecule has 0 bridgehead atoms. The molecule has 0 saturated carbocycles. The van der Waals surface area contributed by atoms with Gasteiger partial charge in [-0.05, 0) is 51.8 Å². The van der Waals surface area contributed by atoms with Gasteiger partial charge in [0.2, 0.25) is 0 Å². The number of nitrogens with zero attached hydrogens (tertiary/aromatic N) is 1. The second-order valence-electron chi connectivity index (χ2n) is 5.18. The predicted molar refractivity (Wildman–Crippen MR) is 93.8 cm³/mol. The SMILES string of the molecule is C=C(C)C(=O)N(C(N)=C(C)C)c1c(C)ccc(O)c1C.CC. The molecule has 1 amide bonds. The van der Waals surface area contributed by atoms with Gasteiger partial charge in [0, 0.05) is 11.1 Å². The minimum absolute atomic E-state index is 0.131. The van der Waals surface area contributed by atoms with Crippen molar-refractivity contribution in [3.63, 3.8) is 0 Å². The zero-order valence-electron chi connectivity index (χ0n) is 14.7. The molecule has 4 nitrogen and oxygen atoms in total. The fourth-order valence-electron chi connectivity index (χ4n) is 1.91. The van der Waals surface area contributed by atoms with E-state index in [-0.39, 0.29) is 11.7 Å². The van der Waals surface area contributed by atoms with E-state index in [1.165, 1.54) is 4.90 Å². The Bertz CT molecular complexity index is 597. The van der Waals surface area contributed by atoms with Gasteiger partial charge in [0.1, 0.15) is 11.6 Å². The predicted octanol–water partition coefficient (Wildman–Crippen LogP) is 4.15. The van der Waals surface area contributed by atoms with Crippen molar-refractivity contribution in [3.05, 3.63) is 46.8 Å². The number of carbonyl (C=O) groups is 1. The molecule has 1 rings (SSSR count). The number of aromatic hydroxyl groups is 1. The van der Waals surface area contributed by atoms with E-state index in [1.807, 2.05) is 34.6 Å². The topological polar surface area (TPSA) is 66.6 Å². The lowest BCUT2D eigenvalue weighted by Gasteiger charge is -2.27. The van der Waals surface area contributed by atoms with E-state index in [0.29, 0.717) is 22.6 Å². The van der Waals surface area contributed by atoms with E-state index in [9.17, 15) is 9.90 Å². The number of amides is 1. The summed E-state index contributed by atoms with van der Waals surface area (Å²) in [6, 6.07) is 3.37. The molecule has 1 aromatic carbocycles. The van der Waals surface area contributed by atoms with Crippen LogP contribution in [-0.2, 0) is 4.79 Å². The Hall–Kier alpha value is -2.23. The first kappa shape index (κ1) is 19.8. The number of rotatable bonds is 3. The van der Waals surface area contributed by atoms with Crippen LogP contribution in [0.2, 0.25) is 0 Å². The molecular weight excluding hydrogens is 276 g/mol. The minimum atomic E-state index is -0.277. The van der Waals surface area contributed by atoms with Gasteiger partial charge in [-0.2, -0.15) is 0 Å². The van der Waals surface area contributed by atoms with E-state index in [4.69, 9.17) is 5.73 Å². The first-order valence-electron chi connectivity index (χ1n) is 7.40. The monoisotopic (exact) mass is 304 g/mol. The summed E-state index contributed by atoms with van der Waals surface area (Å²) in [4.78, 5) is 13.9. The van der Waals surface area contributed by atoms with Crippen molar-refractivity contribution >= 4 is 11.6 Å². The molecule has 0 heterocycles. The summed E-state index contributed by atoms with van der Waals surface area (Å²) in [7, 11) is 0. The van der Waals surface area contributed by atoms with Crippen LogP contribution in [0.25, 0.3) is 0 Å². The molecule has 0 unspecified atom stereocenters. The van der Waals surface area contributed by atoms with Crippen molar-refractivity contribution in [3.8, 4) is 5.75 Å². The van der Waals surface area contributed by atoms with Crippen LogP contribution in [-0.4, -0.2) is 11.0 Å². The Kier molecular flexibility index (Phi) is 7.43. The summed E-state index contributed by atoms with van der Waals surface area (Å²) < 4.78 is 0. The summed E-state index contributed by atoms with van der Waals surface area (Å²) in [5.41, 5.74) is 9.37. The van der Waals surface area contributed by atoms with Crippen molar-refractivity contribution in [1.29, 1.82) is 0 Å². The van der Waals surface area contributed by atoms with E-state index in [2.05, 4.69) is 6.58 Å². The van der Waals surface area contributed by atoms with Crippen molar-refractivity contribution in [2.24, 2.45) is 5.73 Å². The molecule has 0 fully saturated rings. The summed E-state index contributed by atoms with van der Waals surface area (Å²) in [6.45, 7) is 16.6. The first-order chi connectivity index (χ1) is 10.2. The van der Waals surface area contributed by atoms with Crippen molar-refractivity contribution in [1.82, 2.24) is 0 Å². The summed E-state index contributed by atoms with van der Waals surface area (Å²) in [5.74, 6) is 0.210. The van der Waals surface area contributed by atoms with Gasteiger partial charge in [0.15, 0.2) is 0 Å². The third kappa shape index (κ3) is 4.13. The van der Waals surface area contributed by atoms with Crippen LogP contribution in [0, 0.1) is 13.8 Å². The zero-order valence-corrected chi connectivity index (χ0v) is 14.7. The Balaban J connectivity index is 0.00000211. The zero-order chi connectivity index (χ0) is 17.6. The number of hydrogen-bond acceptors (Lipinski definition) is 3. The lowest BCUT2D eigenvalue weighted by molar-refractivity contribution is -0.114. The largest absolute Gasteiger partial charge is 0.508 e. The van der Waals surface area contributed by atoms with Crippen LogP contribution >= 0.6 is 0 Å². The quantitative estimate of drug-likeness (QED) is 0.824. The highest BCUT2D eigenvalue weighted by atomic mass is 16.3. The van der Waals surface area contributed by atoms with E-state index < -0.39 is 0 Å². The molecule has 0 radical (unpaired) electrons. The number of hydrogen-bond donors (Lipinski definition) is 2. The van der Waals surface area contributed by atoms with Crippen LogP contribution < -0.4 is 10.6 Å². The number of carbonyl (C=O) groups excluding carboxylic acids is 1. The van der Waals surface area contributed by atoms with Crippen LogP contribution in [0.1, 0.15) is 45.7 Å². The van der Waals surface area contributed by atoms with Crippen molar-refractivity contribution < 1.29 is 9.90 Å². The standard InChI is InChI=1S/C16H22N2O2.C2H6/c1-9(2)15(17)18(16(20)10(3)4)14-11(5)7-8-13(19)12(14)6;1-2/h7-8,19H,3,17H2,1-2,4-6H3;1-2H3. The van der Waals surface area contributed by atoms with E-state index in [1.54, 1.807) is 26.0 Å². The summed E-state index contributed by atoms with van der Waals surface area (Å²) in [6.07, 6.45) is 0. The maximum atomic E-state index is 12.4. The number of anilines is 1. The molecule has 22 heavy (non-hydrogen) atoms. The Morgan fingerprint density at radius 2 is 1.68 bits per heavy atom. The second kappa shape index (κ2) is 8.27. The Morgan fingerprint density at radius 1 is 1.18 bits per heavy atom. The molecule has 0 spiro atoms. The van der Waals surface area contributed by atoms with Crippen LogP contribution in [0.15, 0.2) is 35.7 Å². The maximum Gasteiger partial charge on any atom is 0.259 e. The average molecular weight is 304 g/mol. The van der Waals surface area contributed by atoms with Crippen molar-refractivity contribution in [2.45, 2.75) is 48.5 Å². The molecule has 3 N–H and O–H groups in total. The second-order valence-corrected chi connectivity index (χ2v) is 5.18. The molecule has 0 aromatic heterocycles. The van der Waals surface area contributed by atoms with E-state index in [0.717, 1.165) is 11.1 Å². The fourth-order valence-corrected chi connectivity index (χ4v) is 1.91. The van der Waals surface area contributed by atoms with E-state index >= 15 is 0 Å². The van der Waals surface area contributed by atoms with Gasteiger partial charge in [-0.25, -0.2) is 0 Å². The number of nitrogens with two attached hydrogens (primary N) is 1. The van der Waals surface area contributed by atoms with Crippen LogP contribution in [0.4, 0.5) is 5.69 Å². The number of benzene rings is 1. The molecule has 0 aliphatic heterocycles. The Morgan fingerprint density at radius 3 is 2.09 bits per heavy atom. The average Bonchev–Trinajstić information content (AvgIpc) is 2.48. The molecule has 0 atom stereocenters. The third-order valence-corrected chi connectivity index (χ3v) is 3.15. The van der Waals surface area contributed by atoms with Crippen LogP contribution in [0.5, 0.6) is 5.75 Å². The normalized spacial score (nSPS) is 9.41. The summed E-state index contributed by atoms with van der Waals surface area (Å²) in [5, 5.41) is 9.90. The first-order valence-corrected chi connectivity index (χ1v) is 7.40. The molecular formula is C18H28N2O2. The highest BCUT2D eigenvalue weighted by molar-refractivity contribution is 6.08. The van der Waals surface area contributed by atoms with Gasteiger partial charge < -0.3 is 10.8 Å². The highest BCUT2D eigenvalue weighted by Gasteiger charge is 2.24. The number of aryl methyl sites for hydroxylation is 1. The maximum absolute atomic E-state index is 12.4. The van der Waals surface area contributed by atoms with Gasteiger partial charge in [-0.15, -0.1) is 0 Å². The highest BCUT2D eigenvalue weighted by Crippen LogP contribution is 2.33. The third-order valence-electron chi connectivity index (χ3n) is 3.15. The van der Waals surface area contributed by atoms with Gasteiger partial charge >= 0.3 is 0 Å². The fraction of sp³-hybridized carbons (Fsp3) is 0.389. The molecule has 1 aromatic rings. The molecule has 0 aliphatic rings. The van der Waals surface area contributed by atoms with Crippen LogP contribution in [0.3, 0.4) is 0 Å². The lowest BCUT2D eigenvalue weighted by atomic mass is 10.1. The van der Waals surface area contributed by atoms with Gasteiger partial charge in [0.25, 0.3) is 5.91 Å².